The first kappa shape index (κ1) is 15.7. The summed E-state index contributed by atoms with van der Waals surface area (Å²) in [6, 6.07) is 3.39. The summed E-state index contributed by atoms with van der Waals surface area (Å²) in [5.74, 6) is -0.137. The maximum absolute atomic E-state index is 14.0. The van der Waals surface area contributed by atoms with E-state index in [0.29, 0.717) is 4.90 Å². The average molecular weight is 298 g/mol. The first-order valence-corrected chi connectivity index (χ1v) is 7.71. The van der Waals surface area contributed by atoms with E-state index in [0.717, 1.165) is 5.46 Å². The molecule has 6 heteroatoms. The minimum Gasteiger partial charge on any atom is -0.494 e. The zero-order valence-electron chi connectivity index (χ0n) is 12.7. The van der Waals surface area contributed by atoms with Crippen LogP contribution in [0.25, 0.3) is 0 Å². The van der Waals surface area contributed by atoms with Crippen LogP contribution in [0.2, 0.25) is 0 Å². The highest BCUT2D eigenvalue weighted by atomic mass is 32.2. The molecule has 0 amide bonds. The molecular weight excluding hydrogens is 278 g/mol. The minimum atomic E-state index is -0.514. The molecule has 1 aliphatic heterocycles. The van der Waals surface area contributed by atoms with Gasteiger partial charge in [-0.15, -0.1) is 11.8 Å². The molecule has 110 valence electrons. The van der Waals surface area contributed by atoms with Crippen LogP contribution in [0.3, 0.4) is 0 Å². The number of hydrogen-bond donors (Lipinski definition) is 0. The molecule has 0 unspecified atom stereocenters. The van der Waals surface area contributed by atoms with Crippen LogP contribution in [0.5, 0.6) is 5.75 Å². The molecule has 20 heavy (non-hydrogen) atoms. The second-order valence-corrected chi connectivity index (χ2v) is 6.68. The number of thioether (sulfide) groups is 1. The van der Waals surface area contributed by atoms with E-state index in [4.69, 9.17) is 14.0 Å². The lowest BCUT2D eigenvalue weighted by molar-refractivity contribution is 0.00578. The van der Waals surface area contributed by atoms with E-state index >= 15 is 0 Å². The van der Waals surface area contributed by atoms with Crippen molar-refractivity contribution < 1.29 is 18.4 Å². The fourth-order valence-electron chi connectivity index (χ4n) is 2.00. The van der Waals surface area contributed by atoms with E-state index in [1.54, 1.807) is 12.1 Å². The fourth-order valence-corrected chi connectivity index (χ4v) is 2.54. The Kier molecular flexibility index (Phi) is 4.11. The van der Waals surface area contributed by atoms with Crippen LogP contribution < -0.4 is 10.2 Å². The standard InChI is InChI=1S/C14H20BFO3S/c1-13(2)14(3,4)19-15(18-13)9-7-10(17-5)12(16)11(8-9)20-6/h7-8H,1-6H3. The minimum absolute atomic E-state index is 0.210. The zero-order chi connectivity index (χ0) is 15.1. The number of methoxy groups -OCH3 is 1. The fraction of sp³-hybridized carbons (Fsp3) is 0.571. The van der Waals surface area contributed by atoms with Crippen LogP contribution >= 0.6 is 11.8 Å². The van der Waals surface area contributed by atoms with Crippen LogP contribution in [0.15, 0.2) is 17.0 Å². The molecule has 0 atom stereocenters. The number of hydrogen-bond acceptors (Lipinski definition) is 4. The number of benzene rings is 1. The van der Waals surface area contributed by atoms with Gasteiger partial charge in [-0.3, -0.25) is 0 Å². The molecule has 1 saturated heterocycles. The first-order chi connectivity index (χ1) is 9.21. The van der Waals surface area contributed by atoms with Crippen molar-refractivity contribution in [3.8, 4) is 5.75 Å². The summed E-state index contributed by atoms with van der Waals surface area (Å²) in [6.45, 7) is 7.96. The molecule has 0 radical (unpaired) electrons. The Labute approximate surface area is 124 Å². The molecule has 0 aliphatic carbocycles. The van der Waals surface area contributed by atoms with Crippen molar-refractivity contribution in [2.45, 2.75) is 43.8 Å². The third kappa shape index (κ3) is 2.56. The van der Waals surface area contributed by atoms with Crippen molar-refractivity contribution in [2.75, 3.05) is 13.4 Å². The van der Waals surface area contributed by atoms with Crippen molar-refractivity contribution in [3.05, 3.63) is 17.9 Å². The van der Waals surface area contributed by atoms with Gasteiger partial charge in [0.25, 0.3) is 0 Å². The van der Waals surface area contributed by atoms with Gasteiger partial charge in [-0.05, 0) is 51.5 Å². The van der Waals surface area contributed by atoms with Gasteiger partial charge >= 0.3 is 7.12 Å². The molecule has 1 aromatic carbocycles. The SMILES string of the molecule is COc1cc(B2OC(C)(C)C(C)(C)O2)cc(SC)c1F. The molecule has 0 aromatic heterocycles. The third-order valence-corrected chi connectivity index (χ3v) is 4.73. The van der Waals surface area contributed by atoms with E-state index in [-0.39, 0.29) is 11.6 Å². The van der Waals surface area contributed by atoms with Crippen LogP contribution in [-0.4, -0.2) is 31.7 Å². The number of rotatable bonds is 3. The zero-order valence-corrected chi connectivity index (χ0v) is 13.6. The largest absolute Gasteiger partial charge is 0.495 e. The Balaban J connectivity index is 2.40. The summed E-state index contributed by atoms with van der Waals surface area (Å²) in [4.78, 5) is 0.522. The van der Waals surface area contributed by atoms with Gasteiger partial charge in [0, 0.05) is 4.90 Å². The highest BCUT2D eigenvalue weighted by Gasteiger charge is 2.51. The van der Waals surface area contributed by atoms with E-state index < -0.39 is 18.3 Å². The lowest BCUT2D eigenvalue weighted by Gasteiger charge is -2.32. The van der Waals surface area contributed by atoms with Crippen molar-refractivity contribution in [1.29, 1.82) is 0 Å². The van der Waals surface area contributed by atoms with Gasteiger partial charge in [-0.25, -0.2) is 4.39 Å². The summed E-state index contributed by atoms with van der Waals surface area (Å²) in [7, 11) is 0.941. The van der Waals surface area contributed by atoms with E-state index in [1.807, 2.05) is 34.0 Å². The highest BCUT2D eigenvalue weighted by Crippen LogP contribution is 2.37. The predicted octanol–water partition coefficient (Wildman–Crippen LogP) is 2.86. The molecule has 1 fully saturated rings. The van der Waals surface area contributed by atoms with Crippen molar-refractivity contribution >= 4 is 24.3 Å². The number of ether oxygens (including phenoxy) is 1. The predicted molar refractivity (Wildman–Crippen MR) is 80.4 cm³/mol. The Morgan fingerprint density at radius 3 is 2.15 bits per heavy atom. The molecular formula is C14H20BFO3S. The summed E-state index contributed by atoms with van der Waals surface area (Å²) in [5, 5.41) is 0. The number of halogens is 1. The topological polar surface area (TPSA) is 27.7 Å². The lowest BCUT2D eigenvalue weighted by Crippen LogP contribution is -2.41. The van der Waals surface area contributed by atoms with Crippen molar-refractivity contribution in [3.63, 3.8) is 0 Å². The maximum Gasteiger partial charge on any atom is 0.495 e. The normalized spacial score (nSPS) is 20.2. The second kappa shape index (κ2) is 5.24. The lowest BCUT2D eigenvalue weighted by atomic mass is 9.79. The quantitative estimate of drug-likeness (QED) is 0.633. The molecule has 0 spiro atoms. The van der Waals surface area contributed by atoms with Crippen LogP contribution in [-0.2, 0) is 9.31 Å². The van der Waals surface area contributed by atoms with Crippen LogP contribution in [0, 0.1) is 5.82 Å². The van der Waals surface area contributed by atoms with Crippen LogP contribution in [0.4, 0.5) is 4.39 Å². The molecule has 0 bridgehead atoms. The second-order valence-electron chi connectivity index (χ2n) is 5.83. The molecule has 2 rings (SSSR count). The highest BCUT2D eigenvalue weighted by molar-refractivity contribution is 7.98. The third-order valence-electron chi connectivity index (χ3n) is 3.99. The first-order valence-electron chi connectivity index (χ1n) is 6.49. The summed E-state index contributed by atoms with van der Waals surface area (Å²) >= 11 is 1.33. The van der Waals surface area contributed by atoms with Gasteiger partial charge in [0.05, 0.1) is 18.3 Å². The summed E-state index contributed by atoms with van der Waals surface area (Å²) < 4.78 is 31.1. The monoisotopic (exact) mass is 298 g/mol. The van der Waals surface area contributed by atoms with Gasteiger partial charge in [0.2, 0.25) is 0 Å². The Morgan fingerprint density at radius 1 is 1.15 bits per heavy atom. The summed E-state index contributed by atoms with van der Waals surface area (Å²) in [6.07, 6.45) is 1.83. The Hall–Kier alpha value is -0.715. The van der Waals surface area contributed by atoms with Gasteiger partial charge < -0.3 is 14.0 Å². The van der Waals surface area contributed by atoms with Crippen molar-refractivity contribution in [2.24, 2.45) is 0 Å². The van der Waals surface area contributed by atoms with Gasteiger partial charge in [0.1, 0.15) is 0 Å². The van der Waals surface area contributed by atoms with Gasteiger partial charge in [-0.2, -0.15) is 0 Å². The average Bonchev–Trinajstić information content (AvgIpc) is 2.58. The molecule has 1 aliphatic rings. The van der Waals surface area contributed by atoms with Crippen LogP contribution in [0.1, 0.15) is 27.7 Å². The molecule has 1 heterocycles. The summed E-state index contributed by atoms with van der Waals surface area (Å²) in [5.41, 5.74) is -0.0660. The Morgan fingerprint density at radius 2 is 1.70 bits per heavy atom. The van der Waals surface area contributed by atoms with E-state index in [9.17, 15) is 4.39 Å². The van der Waals surface area contributed by atoms with Crippen molar-refractivity contribution in [1.82, 2.24) is 0 Å². The molecule has 1 aromatic rings. The van der Waals surface area contributed by atoms with Gasteiger partial charge in [0.15, 0.2) is 11.6 Å². The maximum atomic E-state index is 14.0. The Bertz CT molecular complexity index is 478. The molecule has 0 N–H and O–H groups in total. The van der Waals surface area contributed by atoms with E-state index in [1.165, 1.54) is 18.9 Å². The smallest absolute Gasteiger partial charge is 0.494 e. The van der Waals surface area contributed by atoms with Gasteiger partial charge in [-0.1, -0.05) is 0 Å². The molecule has 0 saturated carbocycles. The van der Waals surface area contributed by atoms with E-state index in [2.05, 4.69) is 0 Å². The molecule has 3 nitrogen and oxygen atoms in total.